The molecule has 98 valence electrons. The van der Waals surface area contributed by atoms with E-state index in [1.54, 1.807) is 0 Å². The SMILES string of the molecule is Cc1c(-c2ccccc2)ccc(-c2ccccc2)c1N. The van der Waals surface area contributed by atoms with Crippen molar-refractivity contribution in [1.82, 2.24) is 0 Å². The molecule has 3 rings (SSSR count). The van der Waals surface area contributed by atoms with Crippen LogP contribution >= 0.6 is 0 Å². The first-order valence-corrected chi connectivity index (χ1v) is 6.77. The molecule has 0 unspecified atom stereocenters. The van der Waals surface area contributed by atoms with Crippen LogP contribution in [0.4, 0.5) is 5.69 Å². The fraction of sp³-hybridized carbons (Fsp3) is 0.0526. The highest BCUT2D eigenvalue weighted by Gasteiger charge is 2.09. The second-order valence-corrected chi connectivity index (χ2v) is 4.93. The zero-order valence-corrected chi connectivity index (χ0v) is 11.5. The Balaban J connectivity index is 2.13. The van der Waals surface area contributed by atoms with Crippen LogP contribution in [0.5, 0.6) is 0 Å². The van der Waals surface area contributed by atoms with Crippen molar-refractivity contribution in [3.05, 3.63) is 78.4 Å². The summed E-state index contributed by atoms with van der Waals surface area (Å²) in [5.41, 5.74) is 13.0. The van der Waals surface area contributed by atoms with Crippen molar-refractivity contribution in [3.63, 3.8) is 0 Å². The van der Waals surface area contributed by atoms with E-state index >= 15 is 0 Å². The van der Waals surface area contributed by atoms with Crippen LogP contribution in [0.2, 0.25) is 0 Å². The fourth-order valence-electron chi connectivity index (χ4n) is 2.53. The highest BCUT2D eigenvalue weighted by molar-refractivity contribution is 5.84. The van der Waals surface area contributed by atoms with Crippen molar-refractivity contribution in [1.29, 1.82) is 0 Å². The van der Waals surface area contributed by atoms with Gasteiger partial charge in [0.25, 0.3) is 0 Å². The Hall–Kier alpha value is -2.54. The predicted molar refractivity (Wildman–Crippen MR) is 86.5 cm³/mol. The van der Waals surface area contributed by atoms with Gasteiger partial charge in [-0.3, -0.25) is 0 Å². The van der Waals surface area contributed by atoms with Gasteiger partial charge in [-0.25, -0.2) is 0 Å². The quantitative estimate of drug-likeness (QED) is 0.650. The molecule has 0 aromatic heterocycles. The van der Waals surface area contributed by atoms with E-state index in [9.17, 15) is 0 Å². The largest absolute Gasteiger partial charge is 0.398 e. The minimum absolute atomic E-state index is 0.859. The molecule has 3 aromatic carbocycles. The summed E-state index contributed by atoms with van der Waals surface area (Å²) in [7, 11) is 0. The summed E-state index contributed by atoms with van der Waals surface area (Å²) in [6.45, 7) is 2.09. The summed E-state index contributed by atoms with van der Waals surface area (Å²) in [4.78, 5) is 0. The normalized spacial score (nSPS) is 10.4. The number of nitrogen functional groups attached to an aromatic ring is 1. The lowest BCUT2D eigenvalue weighted by molar-refractivity contribution is 1.45. The molecule has 0 saturated heterocycles. The molecule has 2 N–H and O–H groups in total. The number of rotatable bonds is 2. The first-order valence-electron chi connectivity index (χ1n) is 6.77. The topological polar surface area (TPSA) is 26.0 Å². The molecule has 0 fully saturated rings. The van der Waals surface area contributed by atoms with Crippen molar-refractivity contribution < 1.29 is 0 Å². The Kier molecular flexibility index (Phi) is 3.26. The summed E-state index contributed by atoms with van der Waals surface area (Å²) in [6, 6.07) is 24.9. The van der Waals surface area contributed by atoms with E-state index in [0.717, 1.165) is 22.4 Å². The second kappa shape index (κ2) is 5.22. The lowest BCUT2D eigenvalue weighted by atomic mass is 9.94. The van der Waals surface area contributed by atoms with Gasteiger partial charge < -0.3 is 5.73 Å². The van der Waals surface area contributed by atoms with Gasteiger partial charge in [-0.1, -0.05) is 72.8 Å². The number of anilines is 1. The Morgan fingerprint density at radius 1 is 0.600 bits per heavy atom. The van der Waals surface area contributed by atoms with Crippen LogP contribution in [0.15, 0.2) is 72.8 Å². The van der Waals surface area contributed by atoms with Gasteiger partial charge in [-0.2, -0.15) is 0 Å². The van der Waals surface area contributed by atoms with Crippen LogP contribution in [0.25, 0.3) is 22.3 Å². The van der Waals surface area contributed by atoms with E-state index in [2.05, 4.69) is 55.5 Å². The lowest BCUT2D eigenvalue weighted by Crippen LogP contribution is -1.96. The van der Waals surface area contributed by atoms with Crippen LogP contribution in [-0.2, 0) is 0 Å². The van der Waals surface area contributed by atoms with E-state index < -0.39 is 0 Å². The van der Waals surface area contributed by atoms with Crippen LogP contribution in [-0.4, -0.2) is 0 Å². The van der Waals surface area contributed by atoms with E-state index in [1.165, 1.54) is 11.1 Å². The van der Waals surface area contributed by atoms with Gasteiger partial charge in [0.2, 0.25) is 0 Å². The molecule has 0 atom stereocenters. The first kappa shape index (κ1) is 12.5. The molecule has 3 aromatic rings. The van der Waals surface area contributed by atoms with Gasteiger partial charge in [-0.05, 0) is 29.2 Å². The van der Waals surface area contributed by atoms with Gasteiger partial charge in [0.1, 0.15) is 0 Å². The van der Waals surface area contributed by atoms with Gasteiger partial charge in [0.05, 0.1) is 0 Å². The molecule has 1 heteroatoms. The molecule has 0 aliphatic heterocycles. The lowest BCUT2D eigenvalue weighted by Gasteiger charge is -2.13. The predicted octanol–water partition coefficient (Wildman–Crippen LogP) is 4.91. The molecule has 1 nitrogen and oxygen atoms in total. The molecular weight excluding hydrogens is 242 g/mol. The van der Waals surface area contributed by atoms with Gasteiger partial charge >= 0.3 is 0 Å². The number of hydrogen-bond donors (Lipinski definition) is 1. The standard InChI is InChI=1S/C19H17N/c1-14-17(15-8-4-2-5-9-15)12-13-18(19(14)20)16-10-6-3-7-11-16/h2-13H,20H2,1H3. The zero-order chi connectivity index (χ0) is 13.9. The van der Waals surface area contributed by atoms with Crippen LogP contribution < -0.4 is 5.73 Å². The van der Waals surface area contributed by atoms with E-state index in [0.29, 0.717) is 0 Å². The van der Waals surface area contributed by atoms with Gasteiger partial charge in [0, 0.05) is 11.3 Å². The van der Waals surface area contributed by atoms with Crippen molar-refractivity contribution in [2.24, 2.45) is 0 Å². The van der Waals surface area contributed by atoms with E-state index in [4.69, 9.17) is 5.73 Å². The van der Waals surface area contributed by atoms with Crippen molar-refractivity contribution in [3.8, 4) is 22.3 Å². The second-order valence-electron chi connectivity index (χ2n) is 4.93. The summed E-state index contributed by atoms with van der Waals surface area (Å²) in [5, 5.41) is 0. The molecule has 0 saturated carbocycles. The number of benzene rings is 3. The van der Waals surface area contributed by atoms with Crippen LogP contribution in [0.1, 0.15) is 5.56 Å². The Morgan fingerprint density at radius 3 is 1.60 bits per heavy atom. The number of nitrogens with two attached hydrogens (primary N) is 1. The summed E-state index contributed by atoms with van der Waals surface area (Å²) < 4.78 is 0. The minimum atomic E-state index is 0.859. The Morgan fingerprint density at radius 2 is 1.05 bits per heavy atom. The molecule has 0 amide bonds. The van der Waals surface area contributed by atoms with Crippen molar-refractivity contribution >= 4 is 5.69 Å². The summed E-state index contributed by atoms with van der Waals surface area (Å²) >= 11 is 0. The average Bonchev–Trinajstić information content (AvgIpc) is 2.52. The first-order chi connectivity index (χ1) is 9.77. The molecule has 0 spiro atoms. The third kappa shape index (κ3) is 2.19. The maximum Gasteiger partial charge on any atom is 0.0429 e. The third-order valence-electron chi connectivity index (χ3n) is 3.68. The molecule has 0 radical (unpaired) electrons. The minimum Gasteiger partial charge on any atom is -0.398 e. The molecule has 0 bridgehead atoms. The fourth-order valence-corrected chi connectivity index (χ4v) is 2.53. The number of hydrogen-bond acceptors (Lipinski definition) is 1. The zero-order valence-electron chi connectivity index (χ0n) is 11.5. The molecule has 0 aliphatic carbocycles. The summed E-state index contributed by atoms with van der Waals surface area (Å²) in [5.74, 6) is 0. The van der Waals surface area contributed by atoms with Crippen molar-refractivity contribution in [2.45, 2.75) is 6.92 Å². The van der Waals surface area contributed by atoms with E-state index in [-0.39, 0.29) is 0 Å². The third-order valence-corrected chi connectivity index (χ3v) is 3.68. The van der Waals surface area contributed by atoms with Crippen LogP contribution in [0, 0.1) is 6.92 Å². The van der Waals surface area contributed by atoms with Gasteiger partial charge in [0.15, 0.2) is 0 Å². The smallest absolute Gasteiger partial charge is 0.0429 e. The van der Waals surface area contributed by atoms with Crippen LogP contribution in [0.3, 0.4) is 0 Å². The molecular formula is C19H17N. The average molecular weight is 259 g/mol. The highest BCUT2D eigenvalue weighted by Crippen LogP contribution is 2.34. The van der Waals surface area contributed by atoms with Gasteiger partial charge in [-0.15, -0.1) is 0 Å². The van der Waals surface area contributed by atoms with E-state index in [1.807, 2.05) is 24.3 Å². The summed E-state index contributed by atoms with van der Waals surface area (Å²) in [6.07, 6.45) is 0. The Bertz CT molecular complexity index is 651. The van der Waals surface area contributed by atoms with Crippen molar-refractivity contribution in [2.75, 3.05) is 5.73 Å². The monoisotopic (exact) mass is 259 g/mol. The maximum absolute atomic E-state index is 6.35. The molecule has 20 heavy (non-hydrogen) atoms. The molecule has 0 heterocycles. The Labute approximate surface area is 119 Å². The highest BCUT2D eigenvalue weighted by atomic mass is 14.6. The maximum atomic E-state index is 6.35. The molecule has 0 aliphatic rings.